The summed E-state index contributed by atoms with van der Waals surface area (Å²) in [6, 6.07) is 15.8. The molecule has 4 aliphatic rings. The lowest BCUT2D eigenvalue weighted by Gasteiger charge is -2.37. The van der Waals surface area contributed by atoms with Crippen molar-refractivity contribution in [2.24, 2.45) is 11.3 Å². The molecule has 0 radical (unpaired) electrons. The van der Waals surface area contributed by atoms with Crippen molar-refractivity contribution >= 4 is 51.6 Å². The fourth-order valence-corrected chi connectivity index (χ4v) is 12.1. The number of fused-ring (bicyclic) bond motifs is 6. The lowest BCUT2D eigenvalue weighted by atomic mass is 9.84. The molecule has 3 fully saturated rings. The van der Waals surface area contributed by atoms with Gasteiger partial charge in [-0.15, -0.1) is 11.3 Å². The van der Waals surface area contributed by atoms with Crippen LogP contribution < -0.4 is 15.6 Å². The summed E-state index contributed by atoms with van der Waals surface area (Å²) in [5, 5.41) is 8.25. The number of amides is 3. The average Bonchev–Trinajstić information content (AvgIpc) is 4.15. The number of esters is 1. The quantitative estimate of drug-likeness (QED) is 0.130. The first-order chi connectivity index (χ1) is 35.0. The number of anilines is 1. The summed E-state index contributed by atoms with van der Waals surface area (Å²) in [4.78, 5) is 74.5. The van der Waals surface area contributed by atoms with Crippen LogP contribution in [0.15, 0.2) is 66.2 Å². The molecule has 6 bridgehead atoms. The molecule has 0 saturated carbocycles. The molecule has 0 unspecified atom stereocenters. The second kappa shape index (κ2) is 22.0. The normalized spacial score (nSPS) is 22.8. The van der Waals surface area contributed by atoms with E-state index in [9.17, 15) is 19.2 Å². The van der Waals surface area contributed by atoms with E-state index in [0.717, 1.165) is 82.1 Å². The first kappa shape index (κ1) is 52.2. The molecule has 7 heterocycles. The molecule has 17 heteroatoms. The van der Waals surface area contributed by atoms with Crippen LogP contribution in [0, 0.1) is 11.3 Å². The zero-order valence-electron chi connectivity index (χ0n) is 44.0. The van der Waals surface area contributed by atoms with Gasteiger partial charge in [-0.25, -0.2) is 10.4 Å². The molecule has 9 rings (SSSR count). The predicted octanol–water partition coefficient (Wildman–Crippen LogP) is 7.01. The van der Waals surface area contributed by atoms with E-state index >= 15 is 0 Å². The number of carbonyl (C=O) groups excluding carboxylic acids is 4. The Morgan fingerprint density at radius 3 is 2.52 bits per heavy atom. The summed E-state index contributed by atoms with van der Waals surface area (Å²) in [5.74, 6) is -2.06. The highest BCUT2D eigenvalue weighted by molar-refractivity contribution is 7.10. The number of likely N-dealkylation sites (N-methyl/N-ethyl adjacent to an activating group) is 2. The number of aryl methyl sites for hydroxylation is 1. The fourth-order valence-electron chi connectivity index (χ4n) is 11.2. The molecule has 0 spiro atoms. The molecule has 3 amide bonds. The summed E-state index contributed by atoms with van der Waals surface area (Å²) < 4.78 is 20.6. The number of ether oxygens (including phenoxy) is 3. The van der Waals surface area contributed by atoms with E-state index in [-0.39, 0.29) is 36.9 Å². The summed E-state index contributed by atoms with van der Waals surface area (Å²) in [7, 11) is 5.52. The van der Waals surface area contributed by atoms with Crippen molar-refractivity contribution < 1.29 is 33.4 Å². The van der Waals surface area contributed by atoms with E-state index in [1.165, 1.54) is 21.2 Å². The van der Waals surface area contributed by atoms with Crippen molar-refractivity contribution in [3.8, 4) is 22.5 Å². The summed E-state index contributed by atoms with van der Waals surface area (Å²) in [6.07, 6.45) is 3.32. The number of carbonyl (C=O) groups is 4. The van der Waals surface area contributed by atoms with Gasteiger partial charge in [0.05, 0.1) is 46.7 Å². The number of benzene rings is 2. The van der Waals surface area contributed by atoms with Gasteiger partial charge in [0.25, 0.3) is 11.8 Å². The largest absolute Gasteiger partial charge is 0.464 e. The Morgan fingerprint density at radius 2 is 1.79 bits per heavy atom. The van der Waals surface area contributed by atoms with Crippen LogP contribution in [0.2, 0.25) is 0 Å². The Hall–Kier alpha value is -5.72. The molecule has 73 heavy (non-hydrogen) atoms. The lowest BCUT2D eigenvalue weighted by Crippen LogP contribution is -2.62. The number of thiazole rings is 1. The van der Waals surface area contributed by atoms with Crippen LogP contribution in [0.5, 0.6) is 0 Å². The van der Waals surface area contributed by atoms with E-state index in [1.807, 2.05) is 62.7 Å². The molecule has 3 saturated heterocycles. The molecule has 2 N–H and O–H groups in total. The summed E-state index contributed by atoms with van der Waals surface area (Å²) >= 11 is 1.43. The zero-order valence-corrected chi connectivity index (χ0v) is 44.8. The zero-order chi connectivity index (χ0) is 51.7. The van der Waals surface area contributed by atoms with Crippen LogP contribution in [0.25, 0.3) is 33.4 Å². The van der Waals surface area contributed by atoms with Gasteiger partial charge in [0.2, 0.25) is 5.91 Å². The number of hydrazine groups is 1. The van der Waals surface area contributed by atoms with Gasteiger partial charge in [0, 0.05) is 105 Å². The monoisotopic (exact) mass is 1020 g/mol. The van der Waals surface area contributed by atoms with Crippen LogP contribution in [0.1, 0.15) is 94.7 Å². The summed E-state index contributed by atoms with van der Waals surface area (Å²) in [6.45, 7) is 17.5. The van der Waals surface area contributed by atoms with Crippen molar-refractivity contribution in [1.82, 2.24) is 40.1 Å². The Balaban J connectivity index is 1.09. The van der Waals surface area contributed by atoms with E-state index in [2.05, 4.69) is 77.2 Å². The smallest absolute Gasteiger partial charge is 0.324 e. The first-order valence-electron chi connectivity index (χ1n) is 26.1. The van der Waals surface area contributed by atoms with Crippen molar-refractivity contribution in [2.45, 2.75) is 116 Å². The molecule has 3 aromatic heterocycles. The Kier molecular flexibility index (Phi) is 15.7. The highest BCUT2D eigenvalue weighted by Crippen LogP contribution is 2.43. The Labute approximate surface area is 433 Å². The van der Waals surface area contributed by atoms with E-state index in [1.54, 1.807) is 14.2 Å². The summed E-state index contributed by atoms with van der Waals surface area (Å²) in [5.41, 5.74) is 11.5. The van der Waals surface area contributed by atoms with E-state index in [0.29, 0.717) is 50.4 Å². The third-order valence-electron chi connectivity index (χ3n) is 15.3. The molecule has 2 aromatic carbocycles. The third kappa shape index (κ3) is 10.9. The standard InChI is InChI=1S/C56H73N9O7S/c1-10-64-46-19-18-37-27-40(46)42(50(64)41-28-38(31-57-48(41)35(4)70-9)63-24-22-61(7)23-25-63)30-56(5,6)33-72-55(69)43-17-14-21-65(60-43)53(67)44(29-47-58-45(37)32-73-47)59-52(66)49(34(2)3)62(8)54(68)51-39(20-26-71-51)36-15-12-11-13-16-36/h11-13,15-16,18-19,27-28,31-32,34-35,39,43-44,49,51,60H,10,14,17,20-26,29-30,33H2,1-9H3,(H,59,66)/t35-,39+,43-,44-,49-,51+/m0/s1. The van der Waals surface area contributed by atoms with Crippen LogP contribution in [-0.4, -0.2) is 144 Å². The third-order valence-corrected chi connectivity index (χ3v) is 16.2. The highest BCUT2D eigenvalue weighted by Gasteiger charge is 2.42. The first-order valence-corrected chi connectivity index (χ1v) is 27.0. The second-order valence-electron chi connectivity index (χ2n) is 21.5. The maximum atomic E-state index is 14.8. The second-order valence-corrected chi connectivity index (χ2v) is 22.4. The molecule has 5 aromatic rings. The van der Waals surface area contributed by atoms with Gasteiger partial charge in [-0.3, -0.25) is 29.2 Å². The number of aromatic nitrogens is 3. The number of rotatable bonds is 11. The molecule has 6 atom stereocenters. The van der Waals surface area contributed by atoms with Gasteiger partial charge < -0.3 is 38.8 Å². The number of hydrogen-bond donors (Lipinski definition) is 2. The molecule has 16 nitrogen and oxygen atoms in total. The van der Waals surface area contributed by atoms with E-state index < -0.39 is 47.4 Å². The molecule has 4 aliphatic heterocycles. The Bertz CT molecular complexity index is 2800. The molecule has 390 valence electrons. The number of piperazine rings is 1. The van der Waals surface area contributed by atoms with Gasteiger partial charge >= 0.3 is 5.97 Å². The minimum absolute atomic E-state index is 0.0853. The maximum Gasteiger partial charge on any atom is 0.324 e. The van der Waals surface area contributed by atoms with Crippen LogP contribution in [0.4, 0.5) is 5.69 Å². The maximum absolute atomic E-state index is 14.8. The number of nitrogens with one attached hydrogen (secondary N) is 2. The number of hydrogen-bond acceptors (Lipinski definition) is 13. The van der Waals surface area contributed by atoms with Crippen molar-refractivity contribution in [1.29, 1.82) is 0 Å². The van der Waals surface area contributed by atoms with Crippen molar-refractivity contribution in [3.63, 3.8) is 0 Å². The molecular weight excluding hydrogens is 943 g/mol. The van der Waals surface area contributed by atoms with Gasteiger partial charge in [-0.2, -0.15) is 0 Å². The minimum Gasteiger partial charge on any atom is -0.464 e. The fraction of sp³-hybridized carbons (Fsp3) is 0.536. The van der Waals surface area contributed by atoms with Gasteiger partial charge in [0.15, 0.2) is 0 Å². The number of methoxy groups -OCH3 is 1. The van der Waals surface area contributed by atoms with Crippen LogP contribution >= 0.6 is 11.3 Å². The van der Waals surface area contributed by atoms with Crippen LogP contribution in [-0.2, 0) is 52.8 Å². The minimum atomic E-state index is -1.08. The van der Waals surface area contributed by atoms with E-state index in [4.69, 9.17) is 24.2 Å². The Morgan fingerprint density at radius 1 is 1.03 bits per heavy atom. The SMILES string of the molecule is CCn1c(-c2cc(N3CCN(C)CC3)cnc2[C@H](C)OC)c2c3cc(ccc31)-c1csc(n1)C[C@H](NC(=O)[C@H](C(C)C)N(C)C(=O)[C@@H]1OCC[C@@H]1c1ccccc1)C(=O)N1CCC[C@H](N1)C(=O)OCC(C)(C)C2. The van der Waals surface area contributed by atoms with Gasteiger partial charge in [-0.1, -0.05) is 64.1 Å². The lowest BCUT2D eigenvalue weighted by molar-refractivity contribution is -0.155. The predicted molar refractivity (Wildman–Crippen MR) is 284 cm³/mol. The van der Waals surface area contributed by atoms with Crippen molar-refractivity contribution in [3.05, 3.63) is 88.0 Å². The molecule has 0 aliphatic carbocycles. The van der Waals surface area contributed by atoms with Gasteiger partial charge in [0.1, 0.15) is 24.2 Å². The number of cyclic esters (lactones) is 1. The van der Waals surface area contributed by atoms with Crippen molar-refractivity contribution in [2.75, 3.05) is 72.0 Å². The van der Waals surface area contributed by atoms with Gasteiger partial charge in [-0.05, 0) is 81.8 Å². The number of nitrogens with zero attached hydrogens (tertiary/aromatic N) is 7. The average molecular weight is 1020 g/mol. The van der Waals surface area contributed by atoms with Crippen LogP contribution in [0.3, 0.4) is 0 Å². The highest BCUT2D eigenvalue weighted by atomic mass is 32.1. The number of pyridine rings is 1. The topological polar surface area (TPSA) is 164 Å². The molecular formula is C56H73N9O7S.